The summed E-state index contributed by atoms with van der Waals surface area (Å²) < 4.78 is 5.34. The van der Waals surface area contributed by atoms with Gasteiger partial charge >= 0.3 is 0 Å². The highest BCUT2D eigenvalue weighted by Gasteiger charge is 2.28. The van der Waals surface area contributed by atoms with Gasteiger partial charge in [-0.25, -0.2) is 4.98 Å². The molecule has 96 valence electrons. The molecule has 0 aliphatic carbocycles. The number of nitrogens with zero attached hydrogens (tertiary/aromatic N) is 1. The summed E-state index contributed by atoms with van der Waals surface area (Å²) in [6.45, 7) is 9.41. The minimum Gasteiger partial charge on any atom is -0.444 e. The van der Waals surface area contributed by atoms with Crippen LogP contribution in [0.15, 0.2) is 10.6 Å². The third-order valence-electron chi connectivity index (χ3n) is 2.58. The fourth-order valence-electron chi connectivity index (χ4n) is 1.33. The molecule has 0 aliphatic heterocycles. The lowest BCUT2D eigenvalue weighted by Crippen LogP contribution is -2.49. The SMILES string of the molecule is Cc1cnc(C(C)NC(=O)[C@H](N)C(C)(C)C)o1. The van der Waals surface area contributed by atoms with Crippen molar-refractivity contribution in [1.29, 1.82) is 0 Å². The summed E-state index contributed by atoms with van der Waals surface area (Å²) in [6, 6.07) is -0.828. The van der Waals surface area contributed by atoms with Crippen LogP contribution in [0.25, 0.3) is 0 Å². The molecule has 1 amide bonds. The summed E-state index contributed by atoms with van der Waals surface area (Å²) in [5.41, 5.74) is 5.60. The van der Waals surface area contributed by atoms with E-state index in [0.29, 0.717) is 5.89 Å². The van der Waals surface area contributed by atoms with Crippen LogP contribution in [0.3, 0.4) is 0 Å². The van der Waals surface area contributed by atoms with Gasteiger partial charge in [-0.05, 0) is 19.3 Å². The van der Waals surface area contributed by atoms with Crippen LogP contribution < -0.4 is 11.1 Å². The monoisotopic (exact) mass is 239 g/mol. The molecule has 0 fully saturated rings. The summed E-state index contributed by atoms with van der Waals surface area (Å²) in [7, 11) is 0. The molecule has 1 rings (SSSR count). The number of hydrogen-bond acceptors (Lipinski definition) is 4. The number of carbonyl (C=O) groups excluding carboxylic acids is 1. The van der Waals surface area contributed by atoms with Gasteiger partial charge in [-0.1, -0.05) is 20.8 Å². The van der Waals surface area contributed by atoms with Gasteiger partial charge in [0.05, 0.1) is 12.2 Å². The molecule has 0 radical (unpaired) electrons. The first kappa shape index (κ1) is 13.7. The lowest BCUT2D eigenvalue weighted by atomic mass is 9.87. The normalized spacial score (nSPS) is 15.4. The van der Waals surface area contributed by atoms with Crippen LogP contribution in [0.1, 0.15) is 45.4 Å². The van der Waals surface area contributed by atoms with Crippen molar-refractivity contribution >= 4 is 5.91 Å². The summed E-state index contributed by atoms with van der Waals surface area (Å²) in [5.74, 6) is 1.03. The van der Waals surface area contributed by atoms with E-state index in [1.54, 1.807) is 6.20 Å². The maximum Gasteiger partial charge on any atom is 0.238 e. The molecule has 5 nitrogen and oxygen atoms in total. The summed E-state index contributed by atoms with van der Waals surface area (Å²) in [6.07, 6.45) is 1.63. The second kappa shape index (κ2) is 4.87. The van der Waals surface area contributed by atoms with E-state index in [9.17, 15) is 4.79 Å². The van der Waals surface area contributed by atoms with Crippen LogP contribution in [-0.4, -0.2) is 16.9 Å². The molecule has 3 N–H and O–H groups in total. The molecule has 0 saturated carbocycles. The summed E-state index contributed by atoms with van der Waals surface area (Å²) >= 11 is 0. The Morgan fingerprint density at radius 1 is 1.53 bits per heavy atom. The van der Waals surface area contributed by atoms with Crippen molar-refractivity contribution in [3.63, 3.8) is 0 Å². The fourth-order valence-corrected chi connectivity index (χ4v) is 1.33. The van der Waals surface area contributed by atoms with Gasteiger partial charge in [0.2, 0.25) is 11.8 Å². The highest BCUT2D eigenvalue weighted by atomic mass is 16.4. The first-order valence-corrected chi connectivity index (χ1v) is 5.70. The largest absolute Gasteiger partial charge is 0.444 e. The number of nitrogens with two attached hydrogens (primary N) is 1. The molecule has 1 aromatic rings. The van der Waals surface area contributed by atoms with E-state index in [0.717, 1.165) is 5.76 Å². The standard InChI is InChI=1S/C12H21N3O2/c1-7-6-14-11(17-7)8(2)15-10(16)9(13)12(3,4)5/h6,8-9H,13H2,1-5H3,(H,15,16)/t8?,9-/m0/s1. The Hall–Kier alpha value is -1.36. The van der Waals surface area contributed by atoms with Crippen molar-refractivity contribution in [1.82, 2.24) is 10.3 Å². The average Bonchev–Trinajstić information content (AvgIpc) is 2.62. The number of aryl methyl sites for hydroxylation is 1. The van der Waals surface area contributed by atoms with Crippen LogP contribution in [-0.2, 0) is 4.79 Å². The van der Waals surface area contributed by atoms with E-state index in [-0.39, 0.29) is 17.4 Å². The van der Waals surface area contributed by atoms with E-state index < -0.39 is 6.04 Å². The van der Waals surface area contributed by atoms with E-state index in [1.807, 2.05) is 34.6 Å². The van der Waals surface area contributed by atoms with Crippen LogP contribution in [0, 0.1) is 12.3 Å². The molecule has 1 aromatic heterocycles. The van der Waals surface area contributed by atoms with Gasteiger partial charge in [0.25, 0.3) is 0 Å². The Morgan fingerprint density at radius 3 is 2.53 bits per heavy atom. The van der Waals surface area contributed by atoms with Gasteiger partial charge in [-0.2, -0.15) is 0 Å². The van der Waals surface area contributed by atoms with Crippen molar-refractivity contribution in [2.24, 2.45) is 11.1 Å². The molecule has 0 bridgehead atoms. The first-order valence-electron chi connectivity index (χ1n) is 5.70. The molecule has 1 unspecified atom stereocenters. The Kier molecular flexibility index (Phi) is 3.93. The maximum atomic E-state index is 11.9. The number of hydrogen-bond donors (Lipinski definition) is 2. The average molecular weight is 239 g/mol. The smallest absolute Gasteiger partial charge is 0.238 e. The molecule has 2 atom stereocenters. The quantitative estimate of drug-likeness (QED) is 0.838. The van der Waals surface area contributed by atoms with Gasteiger partial charge in [0.1, 0.15) is 11.8 Å². The Balaban J connectivity index is 2.63. The molecule has 0 saturated heterocycles. The van der Waals surface area contributed by atoms with Gasteiger partial charge in [-0.3, -0.25) is 4.79 Å². The van der Waals surface area contributed by atoms with Crippen molar-refractivity contribution in [3.05, 3.63) is 17.8 Å². The van der Waals surface area contributed by atoms with E-state index in [2.05, 4.69) is 10.3 Å². The van der Waals surface area contributed by atoms with Gasteiger partial charge < -0.3 is 15.5 Å². The van der Waals surface area contributed by atoms with Gasteiger partial charge in [-0.15, -0.1) is 0 Å². The van der Waals surface area contributed by atoms with Crippen LogP contribution in [0.2, 0.25) is 0 Å². The zero-order valence-electron chi connectivity index (χ0n) is 11.1. The number of carbonyl (C=O) groups is 1. The number of amides is 1. The predicted molar refractivity (Wildman–Crippen MR) is 65.2 cm³/mol. The number of rotatable bonds is 3. The predicted octanol–water partition coefficient (Wildman–Crippen LogP) is 1.53. The zero-order chi connectivity index (χ0) is 13.2. The fraction of sp³-hybridized carbons (Fsp3) is 0.667. The van der Waals surface area contributed by atoms with E-state index in [1.165, 1.54) is 0 Å². The molecule has 0 aliphatic rings. The number of aromatic nitrogens is 1. The Morgan fingerprint density at radius 2 is 2.12 bits per heavy atom. The van der Waals surface area contributed by atoms with Crippen molar-refractivity contribution in [3.8, 4) is 0 Å². The number of nitrogens with one attached hydrogen (secondary N) is 1. The highest BCUT2D eigenvalue weighted by molar-refractivity contribution is 5.82. The topological polar surface area (TPSA) is 81.2 Å². The third kappa shape index (κ3) is 3.56. The molecule has 1 heterocycles. The minimum absolute atomic E-state index is 0.194. The zero-order valence-corrected chi connectivity index (χ0v) is 11.1. The van der Waals surface area contributed by atoms with Crippen molar-refractivity contribution < 1.29 is 9.21 Å². The summed E-state index contributed by atoms with van der Waals surface area (Å²) in [5, 5.41) is 2.80. The Bertz CT molecular complexity index is 393. The van der Waals surface area contributed by atoms with Crippen molar-refractivity contribution in [2.75, 3.05) is 0 Å². The molecular formula is C12H21N3O2. The van der Waals surface area contributed by atoms with E-state index >= 15 is 0 Å². The van der Waals surface area contributed by atoms with Crippen LogP contribution in [0.4, 0.5) is 0 Å². The molecule has 5 heteroatoms. The van der Waals surface area contributed by atoms with Gasteiger partial charge in [0, 0.05) is 0 Å². The lowest BCUT2D eigenvalue weighted by molar-refractivity contribution is -0.125. The second-order valence-electron chi connectivity index (χ2n) is 5.38. The molecule has 0 aromatic carbocycles. The third-order valence-corrected chi connectivity index (χ3v) is 2.58. The van der Waals surface area contributed by atoms with Crippen molar-refractivity contribution in [2.45, 2.75) is 46.7 Å². The van der Waals surface area contributed by atoms with Crippen LogP contribution in [0.5, 0.6) is 0 Å². The van der Waals surface area contributed by atoms with Gasteiger partial charge in [0.15, 0.2) is 0 Å². The van der Waals surface area contributed by atoms with E-state index in [4.69, 9.17) is 10.2 Å². The molecule has 17 heavy (non-hydrogen) atoms. The number of oxazole rings is 1. The molecular weight excluding hydrogens is 218 g/mol. The molecule has 0 spiro atoms. The summed E-state index contributed by atoms with van der Waals surface area (Å²) in [4.78, 5) is 15.9. The first-order chi connectivity index (χ1) is 7.71. The minimum atomic E-state index is -0.555. The second-order valence-corrected chi connectivity index (χ2v) is 5.38. The Labute approximate surface area is 102 Å². The van der Waals surface area contributed by atoms with Crippen LogP contribution >= 0.6 is 0 Å². The lowest BCUT2D eigenvalue weighted by Gasteiger charge is -2.26. The highest BCUT2D eigenvalue weighted by Crippen LogP contribution is 2.19. The maximum absolute atomic E-state index is 11.9.